The van der Waals surface area contributed by atoms with Gasteiger partial charge in [0, 0.05) is 25.7 Å². The van der Waals surface area contributed by atoms with Crippen LogP contribution in [0.5, 0.6) is 0 Å². The molecule has 0 radical (unpaired) electrons. The van der Waals surface area contributed by atoms with Crippen molar-refractivity contribution in [3.8, 4) is 0 Å². The zero-order valence-electron chi connectivity index (χ0n) is 12.6. The van der Waals surface area contributed by atoms with Gasteiger partial charge in [-0.2, -0.15) is 13.2 Å². The minimum Gasteiger partial charge on any atom is -0.337 e. The number of rotatable bonds is 3. The molecule has 122 valence electrons. The fourth-order valence-electron chi connectivity index (χ4n) is 3.28. The van der Waals surface area contributed by atoms with Crippen LogP contribution < -0.4 is 5.32 Å². The Morgan fingerprint density at radius 2 is 2.00 bits per heavy atom. The van der Waals surface area contributed by atoms with Crippen molar-refractivity contribution in [1.82, 2.24) is 15.1 Å². The molecule has 2 rings (SSSR count). The number of amides is 1. The Balaban J connectivity index is 1.89. The highest BCUT2D eigenvalue weighted by atomic mass is 19.4. The highest BCUT2D eigenvalue weighted by molar-refractivity contribution is 5.82. The van der Waals surface area contributed by atoms with E-state index in [1.54, 1.807) is 0 Å². The van der Waals surface area contributed by atoms with Gasteiger partial charge in [0.25, 0.3) is 0 Å². The molecule has 2 saturated heterocycles. The van der Waals surface area contributed by atoms with E-state index in [0.29, 0.717) is 0 Å². The van der Waals surface area contributed by atoms with Crippen molar-refractivity contribution in [3.05, 3.63) is 0 Å². The number of hydrogen-bond acceptors (Lipinski definition) is 3. The molecule has 0 aromatic rings. The van der Waals surface area contributed by atoms with Crippen LogP contribution in [0.15, 0.2) is 0 Å². The minimum absolute atomic E-state index is 0.0278. The molecule has 0 bridgehead atoms. The summed E-state index contributed by atoms with van der Waals surface area (Å²) < 4.78 is 37.9. The summed E-state index contributed by atoms with van der Waals surface area (Å²) in [6, 6.07) is -0.263. The lowest BCUT2D eigenvalue weighted by atomic mass is 9.93. The zero-order chi connectivity index (χ0) is 15.6. The van der Waals surface area contributed by atoms with Gasteiger partial charge < -0.3 is 15.1 Å². The van der Waals surface area contributed by atoms with Crippen LogP contribution >= 0.6 is 0 Å². The summed E-state index contributed by atoms with van der Waals surface area (Å²) in [6.45, 7) is 1.38. The van der Waals surface area contributed by atoms with Crippen molar-refractivity contribution in [2.45, 2.75) is 43.9 Å². The summed E-state index contributed by atoms with van der Waals surface area (Å²) in [4.78, 5) is 16.4. The van der Waals surface area contributed by atoms with Gasteiger partial charge in [-0.25, -0.2) is 0 Å². The number of alkyl halides is 3. The molecule has 0 aromatic carbocycles. The summed E-state index contributed by atoms with van der Waals surface area (Å²) >= 11 is 0. The zero-order valence-corrected chi connectivity index (χ0v) is 12.6. The number of halogens is 3. The largest absolute Gasteiger partial charge is 0.393 e. The van der Waals surface area contributed by atoms with Crippen molar-refractivity contribution in [1.29, 1.82) is 0 Å². The lowest BCUT2D eigenvalue weighted by Gasteiger charge is -2.35. The van der Waals surface area contributed by atoms with Gasteiger partial charge in [-0.3, -0.25) is 4.79 Å². The predicted molar refractivity (Wildman–Crippen MR) is 73.9 cm³/mol. The molecule has 0 saturated carbocycles. The van der Waals surface area contributed by atoms with Crippen molar-refractivity contribution in [3.63, 3.8) is 0 Å². The van der Waals surface area contributed by atoms with Crippen molar-refractivity contribution < 1.29 is 18.0 Å². The molecule has 2 aliphatic rings. The lowest BCUT2D eigenvalue weighted by molar-refractivity contribution is -0.180. The van der Waals surface area contributed by atoms with Crippen LogP contribution in [-0.4, -0.2) is 67.7 Å². The molecule has 0 aliphatic carbocycles. The van der Waals surface area contributed by atoms with Gasteiger partial charge in [-0.1, -0.05) is 0 Å². The van der Waals surface area contributed by atoms with Gasteiger partial charge in [0.2, 0.25) is 5.91 Å². The normalized spacial score (nSPS) is 31.0. The van der Waals surface area contributed by atoms with E-state index >= 15 is 0 Å². The van der Waals surface area contributed by atoms with Crippen molar-refractivity contribution in [2.75, 3.05) is 33.7 Å². The van der Waals surface area contributed by atoms with Crippen LogP contribution in [0.1, 0.15) is 25.7 Å². The average molecular weight is 307 g/mol. The van der Waals surface area contributed by atoms with E-state index in [9.17, 15) is 18.0 Å². The van der Waals surface area contributed by atoms with Gasteiger partial charge in [-0.05, 0) is 39.8 Å². The third-order valence-corrected chi connectivity index (χ3v) is 4.41. The van der Waals surface area contributed by atoms with Crippen LogP contribution in [-0.2, 0) is 4.79 Å². The third kappa shape index (κ3) is 4.10. The van der Waals surface area contributed by atoms with Gasteiger partial charge in [0.1, 0.15) is 0 Å². The fraction of sp³-hybridized carbons (Fsp3) is 0.929. The quantitative estimate of drug-likeness (QED) is 0.858. The number of nitrogens with one attached hydrogen (secondary N) is 1. The number of nitrogens with zero attached hydrogens (tertiary/aromatic N) is 2. The second kappa shape index (κ2) is 6.52. The molecule has 2 fully saturated rings. The summed E-state index contributed by atoms with van der Waals surface area (Å²) in [7, 11) is 3.93. The number of likely N-dealkylation sites (tertiary alicyclic amines) is 1. The Morgan fingerprint density at radius 1 is 1.29 bits per heavy atom. The molecule has 21 heavy (non-hydrogen) atoms. The summed E-state index contributed by atoms with van der Waals surface area (Å²) in [6.07, 6.45) is -1.90. The van der Waals surface area contributed by atoms with E-state index in [1.165, 1.54) is 0 Å². The van der Waals surface area contributed by atoms with Crippen LogP contribution in [0.3, 0.4) is 0 Å². The number of carbonyl (C=O) groups is 1. The maximum Gasteiger partial charge on any atom is 0.393 e. The van der Waals surface area contributed by atoms with E-state index < -0.39 is 18.1 Å². The van der Waals surface area contributed by atoms with E-state index in [0.717, 1.165) is 25.9 Å². The predicted octanol–water partition coefficient (Wildman–Crippen LogP) is 1.47. The number of hydrogen-bond donors (Lipinski definition) is 1. The molecule has 2 heterocycles. The first kappa shape index (κ1) is 16.5. The van der Waals surface area contributed by atoms with Crippen molar-refractivity contribution in [2.24, 2.45) is 5.92 Å². The summed E-state index contributed by atoms with van der Waals surface area (Å²) in [5, 5.41) is 2.80. The Kier molecular flexibility index (Phi) is 5.14. The molecule has 7 heteroatoms. The molecule has 0 aromatic heterocycles. The Labute approximate surface area is 123 Å². The summed E-state index contributed by atoms with van der Waals surface area (Å²) in [5.41, 5.74) is 0. The standard InChI is InChI=1S/C14H24F3N3O/c1-19(2)9-11-4-3-7-20(11)13(21)12-6-5-10(8-18-12)14(15,16)17/h10-12,18H,3-9H2,1-2H3. The fourth-order valence-corrected chi connectivity index (χ4v) is 3.28. The smallest absolute Gasteiger partial charge is 0.337 e. The molecule has 1 amide bonds. The third-order valence-electron chi connectivity index (χ3n) is 4.41. The molecule has 0 spiro atoms. The molecule has 4 nitrogen and oxygen atoms in total. The average Bonchev–Trinajstić information content (AvgIpc) is 2.84. The topological polar surface area (TPSA) is 35.6 Å². The first-order valence-corrected chi connectivity index (χ1v) is 7.54. The van der Waals surface area contributed by atoms with Gasteiger partial charge >= 0.3 is 6.18 Å². The second-order valence-corrected chi connectivity index (χ2v) is 6.37. The Bertz CT molecular complexity index is 365. The second-order valence-electron chi connectivity index (χ2n) is 6.37. The van der Waals surface area contributed by atoms with E-state index in [-0.39, 0.29) is 31.3 Å². The van der Waals surface area contributed by atoms with Crippen LogP contribution in [0.4, 0.5) is 13.2 Å². The molecular weight excluding hydrogens is 283 g/mol. The van der Waals surface area contributed by atoms with Crippen LogP contribution in [0.2, 0.25) is 0 Å². The van der Waals surface area contributed by atoms with Gasteiger partial charge in [0.15, 0.2) is 0 Å². The lowest BCUT2D eigenvalue weighted by Crippen LogP contribution is -2.54. The van der Waals surface area contributed by atoms with Crippen molar-refractivity contribution >= 4 is 5.91 Å². The number of piperidine rings is 1. The molecule has 2 aliphatic heterocycles. The SMILES string of the molecule is CN(C)CC1CCCN1C(=O)C1CCC(C(F)(F)F)CN1. The molecular formula is C14H24F3N3O. The molecule has 1 N–H and O–H groups in total. The minimum atomic E-state index is -4.16. The summed E-state index contributed by atoms with van der Waals surface area (Å²) in [5.74, 6) is -1.35. The van der Waals surface area contributed by atoms with Crippen LogP contribution in [0, 0.1) is 5.92 Å². The maximum atomic E-state index is 12.6. The first-order valence-electron chi connectivity index (χ1n) is 7.54. The molecule has 3 atom stereocenters. The van der Waals surface area contributed by atoms with Crippen LogP contribution in [0.25, 0.3) is 0 Å². The van der Waals surface area contributed by atoms with E-state index in [2.05, 4.69) is 5.32 Å². The molecule has 3 unspecified atom stereocenters. The van der Waals surface area contributed by atoms with E-state index in [1.807, 2.05) is 23.9 Å². The maximum absolute atomic E-state index is 12.6. The van der Waals surface area contributed by atoms with Gasteiger partial charge in [-0.15, -0.1) is 0 Å². The monoisotopic (exact) mass is 307 g/mol. The van der Waals surface area contributed by atoms with Gasteiger partial charge in [0.05, 0.1) is 12.0 Å². The number of likely N-dealkylation sites (N-methyl/N-ethyl adjacent to an activating group) is 1. The number of carbonyl (C=O) groups excluding carboxylic acids is 1. The van der Waals surface area contributed by atoms with E-state index in [4.69, 9.17) is 0 Å². The Morgan fingerprint density at radius 3 is 2.52 bits per heavy atom. The highest BCUT2D eigenvalue weighted by Crippen LogP contribution is 2.32. The Hall–Kier alpha value is -0.820. The highest BCUT2D eigenvalue weighted by Gasteiger charge is 2.43. The first-order chi connectivity index (χ1) is 9.79.